The van der Waals surface area contributed by atoms with Crippen LogP contribution in [0.4, 0.5) is 8.78 Å². The Balaban J connectivity index is 3.22. The molecule has 13 heavy (non-hydrogen) atoms. The first-order valence-corrected chi connectivity index (χ1v) is 5.11. The van der Waals surface area contributed by atoms with Crippen molar-refractivity contribution in [2.75, 3.05) is 7.11 Å². The second-order valence-corrected chi connectivity index (χ2v) is 3.94. The highest BCUT2D eigenvalue weighted by Crippen LogP contribution is 2.31. The molecule has 0 spiro atoms. The summed E-state index contributed by atoms with van der Waals surface area (Å²) < 4.78 is 30.3. The molecule has 0 N–H and O–H groups in total. The summed E-state index contributed by atoms with van der Waals surface area (Å²) in [4.78, 5) is 3.86. The lowest BCUT2D eigenvalue weighted by Gasteiger charge is -2.07. The number of ether oxygens (including phenoxy) is 1. The molecule has 1 aromatic rings. The van der Waals surface area contributed by atoms with Gasteiger partial charge in [0.2, 0.25) is 0 Å². The third kappa shape index (κ3) is 2.49. The van der Waals surface area contributed by atoms with Gasteiger partial charge < -0.3 is 4.74 Å². The molecule has 0 bridgehead atoms. The molecular weight excluding hydrogens is 359 g/mol. The zero-order chi connectivity index (χ0) is 10.0. The predicted octanol–water partition coefficient (Wildman–Crippen LogP) is 3.39. The number of methoxy groups -OCH3 is 1. The Morgan fingerprint density at radius 3 is 2.69 bits per heavy atom. The van der Waals surface area contributed by atoms with Crippen molar-refractivity contribution < 1.29 is 13.5 Å². The molecule has 0 atom stereocenters. The van der Waals surface area contributed by atoms with E-state index in [9.17, 15) is 8.78 Å². The molecule has 6 heteroatoms. The number of halogens is 4. The number of alkyl halides is 2. The molecule has 72 valence electrons. The summed E-state index contributed by atoms with van der Waals surface area (Å²) in [7, 11) is 1.41. The maximum absolute atomic E-state index is 12.4. The SMILES string of the molecule is COc1cc(C(F)F)c(I)nc1Br. The van der Waals surface area contributed by atoms with Crippen LogP contribution in [-0.2, 0) is 0 Å². The van der Waals surface area contributed by atoms with Crippen LogP contribution in [0.15, 0.2) is 10.7 Å². The molecule has 0 amide bonds. The molecule has 0 aliphatic heterocycles. The number of rotatable bonds is 2. The minimum absolute atomic E-state index is 0.111. The maximum Gasteiger partial charge on any atom is 0.266 e. The summed E-state index contributed by atoms with van der Waals surface area (Å²) in [5.41, 5.74) is -0.111. The van der Waals surface area contributed by atoms with Gasteiger partial charge in [0, 0.05) is 0 Å². The zero-order valence-corrected chi connectivity index (χ0v) is 10.3. The summed E-state index contributed by atoms with van der Waals surface area (Å²) in [6, 6.07) is 1.28. The van der Waals surface area contributed by atoms with Crippen molar-refractivity contribution in [2.24, 2.45) is 0 Å². The van der Waals surface area contributed by atoms with Gasteiger partial charge >= 0.3 is 0 Å². The standard InChI is InChI=1S/C7H5BrF2INO/c1-13-4-2-3(6(9)10)7(11)12-5(4)8/h2,6H,1H3. The van der Waals surface area contributed by atoms with Crippen molar-refractivity contribution in [1.29, 1.82) is 0 Å². The Bertz CT molecular complexity index is 322. The van der Waals surface area contributed by atoms with E-state index in [1.54, 1.807) is 22.6 Å². The van der Waals surface area contributed by atoms with E-state index in [0.717, 1.165) is 0 Å². The summed E-state index contributed by atoms with van der Waals surface area (Å²) in [6.45, 7) is 0. The van der Waals surface area contributed by atoms with Gasteiger partial charge in [-0.3, -0.25) is 0 Å². The normalized spacial score (nSPS) is 10.6. The fourth-order valence-corrected chi connectivity index (χ4v) is 2.18. The molecule has 0 aliphatic rings. The monoisotopic (exact) mass is 363 g/mol. The average molecular weight is 364 g/mol. The van der Waals surface area contributed by atoms with Crippen LogP contribution in [0.5, 0.6) is 5.75 Å². The Kier molecular flexibility index (Phi) is 3.84. The van der Waals surface area contributed by atoms with Crippen molar-refractivity contribution in [3.05, 3.63) is 19.9 Å². The highest BCUT2D eigenvalue weighted by atomic mass is 127. The van der Waals surface area contributed by atoms with Crippen molar-refractivity contribution in [3.8, 4) is 5.75 Å². The molecule has 1 heterocycles. The topological polar surface area (TPSA) is 22.1 Å². The van der Waals surface area contributed by atoms with Gasteiger partial charge in [-0.05, 0) is 44.6 Å². The Morgan fingerprint density at radius 2 is 2.23 bits per heavy atom. The van der Waals surface area contributed by atoms with Crippen LogP contribution in [0.1, 0.15) is 12.0 Å². The Labute approximate surface area is 96.0 Å². The first kappa shape index (κ1) is 11.1. The molecule has 1 aromatic heterocycles. The van der Waals surface area contributed by atoms with Crippen molar-refractivity contribution in [1.82, 2.24) is 4.98 Å². The van der Waals surface area contributed by atoms with Crippen molar-refractivity contribution >= 4 is 38.5 Å². The second-order valence-electron chi connectivity index (χ2n) is 2.16. The minimum atomic E-state index is -2.53. The summed E-state index contributed by atoms with van der Waals surface area (Å²) in [6.07, 6.45) is -2.53. The lowest BCUT2D eigenvalue weighted by Crippen LogP contribution is -1.96. The van der Waals surface area contributed by atoms with Crippen LogP contribution >= 0.6 is 38.5 Å². The number of hydrogen-bond donors (Lipinski definition) is 0. The van der Waals surface area contributed by atoms with Crippen LogP contribution in [0.3, 0.4) is 0 Å². The van der Waals surface area contributed by atoms with Crippen LogP contribution in [0, 0.1) is 3.70 Å². The molecule has 2 nitrogen and oxygen atoms in total. The average Bonchev–Trinajstić information content (AvgIpc) is 2.03. The molecule has 0 aliphatic carbocycles. The smallest absolute Gasteiger partial charge is 0.266 e. The van der Waals surface area contributed by atoms with Gasteiger partial charge in [-0.2, -0.15) is 0 Å². The molecule has 0 aromatic carbocycles. The molecule has 0 unspecified atom stereocenters. The quantitative estimate of drug-likeness (QED) is 0.593. The summed E-state index contributed by atoms with van der Waals surface area (Å²) in [5.74, 6) is 0.315. The highest BCUT2D eigenvalue weighted by molar-refractivity contribution is 14.1. The van der Waals surface area contributed by atoms with E-state index in [1.807, 2.05) is 0 Å². The molecular formula is C7H5BrF2INO. The van der Waals surface area contributed by atoms with Crippen LogP contribution in [-0.4, -0.2) is 12.1 Å². The number of aromatic nitrogens is 1. The van der Waals surface area contributed by atoms with Gasteiger partial charge in [-0.15, -0.1) is 0 Å². The van der Waals surface area contributed by atoms with Gasteiger partial charge in [-0.25, -0.2) is 13.8 Å². The molecule has 1 rings (SSSR count). The lowest BCUT2D eigenvalue weighted by molar-refractivity contribution is 0.149. The third-order valence-electron chi connectivity index (χ3n) is 1.38. The number of hydrogen-bond acceptors (Lipinski definition) is 2. The maximum atomic E-state index is 12.4. The van der Waals surface area contributed by atoms with E-state index in [-0.39, 0.29) is 9.26 Å². The van der Waals surface area contributed by atoms with Crippen LogP contribution in [0.25, 0.3) is 0 Å². The van der Waals surface area contributed by atoms with Crippen LogP contribution in [0.2, 0.25) is 0 Å². The lowest BCUT2D eigenvalue weighted by atomic mass is 10.3. The van der Waals surface area contributed by atoms with Gasteiger partial charge in [0.05, 0.1) is 12.7 Å². The minimum Gasteiger partial charge on any atom is -0.494 e. The highest BCUT2D eigenvalue weighted by Gasteiger charge is 2.16. The van der Waals surface area contributed by atoms with E-state index in [0.29, 0.717) is 10.4 Å². The molecule has 0 saturated heterocycles. The summed E-state index contributed by atoms with van der Waals surface area (Å²) in [5, 5.41) is 0. The number of pyridine rings is 1. The van der Waals surface area contributed by atoms with E-state index in [2.05, 4.69) is 20.9 Å². The number of nitrogens with zero attached hydrogens (tertiary/aromatic N) is 1. The first-order valence-electron chi connectivity index (χ1n) is 3.24. The van der Waals surface area contributed by atoms with E-state index >= 15 is 0 Å². The largest absolute Gasteiger partial charge is 0.494 e. The first-order chi connectivity index (χ1) is 6.06. The summed E-state index contributed by atoms with van der Waals surface area (Å²) >= 11 is 4.86. The Hall–Kier alpha value is 0.0200. The fourth-order valence-electron chi connectivity index (χ4n) is 0.762. The van der Waals surface area contributed by atoms with Gasteiger partial charge in [-0.1, -0.05) is 0 Å². The van der Waals surface area contributed by atoms with E-state index in [4.69, 9.17) is 4.74 Å². The van der Waals surface area contributed by atoms with E-state index < -0.39 is 6.43 Å². The van der Waals surface area contributed by atoms with Gasteiger partial charge in [0.15, 0.2) is 5.75 Å². The van der Waals surface area contributed by atoms with E-state index in [1.165, 1.54) is 13.2 Å². The van der Waals surface area contributed by atoms with Crippen LogP contribution < -0.4 is 4.74 Å². The third-order valence-corrected chi connectivity index (χ3v) is 2.81. The van der Waals surface area contributed by atoms with Crippen molar-refractivity contribution in [2.45, 2.75) is 6.43 Å². The Morgan fingerprint density at radius 1 is 1.62 bits per heavy atom. The van der Waals surface area contributed by atoms with Gasteiger partial charge in [0.25, 0.3) is 6.43 Å². The zero-order valence-electron chi connectivity index (χ0n) is 6.52. The molecule has 0 fully saturated rings. The fraction of sp³-hybridized carbons (Fsp3) is 0.286. The van der Waals surface area contributed by atoms with Gasteiger partial charge in [0.1, 0.15) is 8.30 Å². The predicted molar refractivity (Wildman–Crippen MR) is 56.2 cm³/mol. The second kappa shape index (κ2) is 4.50. The van der Waals surface area contributed by atoms with Crippen molar-refractivity contribution in [3.63, 3.8) is 0 Å². The molecule has 0 saturated carbocycles. The molecule has 0 radical (unpaired) electrons.